The van der Waals surface area contributed by atoms with E-state index in [2.05, 4.69) is 24.3 Å². The van der Waals surface area contributed by atoms with Gasteiger partial charge in [-0.25, -0.2) is 4.57 Å². The molecule has 0 aliphatic rings. The van der Waals surface area contributed by atoms with Gasteiger partial charge in [-0.1, -0.05) is 30.4 Å². The molecule has 2 heteroatoms. The first-order valence-corrected chi connectivity index (χ1v) is 5.56. The third-order valence-corrected chi connectivity index (χ3v) is 2.60. The Kier molecular flexibility index (Phi) is 3.55. The number of aromatic nitrogens is 1. The summed E-state index contributed by atoms with van der Waals surface area (Å²) >= 11 is 0. The maximum absolute atomic E-state index is 5.30. The Labute approximate surface area is 102 Å². The minimum atomic E-state index is 0.894. The number of aryl methyl sites for hydroxylation is 1. The average Bonchev–Trinajstić information content (AvgIpc) is 2.38. The maximum Gasteiger partial charge on any atom is 0.169 e. The molecule has 17 heavy (non-hydrogen) atoms. The Balaban J connectivity index is 2.22. The minimum absolute atomic E-state index is 0.894. The molecule has 0 atom stereocenters. The molecule has 0 amide bonds. The van der Waals surface area contributed by atoms with Crippen LogP contribution in [0.5, 0.6) is 5.75 Å². The molecule has 1 heterocycles. The first kappa shape index (κ1) is 11.4. The lowest BCUT2D eigenvalue weighted by Crippen LogP contribution is -2.25. The Hall–Kier alpha value is -2.09. The fourth-order valence-electron chi connectivity index (χ4n) is 1.61. The quantitative estimate of drug-likeness (QED) is 0.733. The van der Waals surface area contributed by atoms with Crippen LogP contribution < -0.4 is 9.30 Å². The second-order valence-electron chi connectivity index (χ2n) is 3.87. The van der Waals surface area contributed by atoms with Crippen LogP contribution in [0, 0.1) is 0 Å². The lowest BCUT2D eigenvalue weighted by atomic mass is 10.1. The van der Waals surface area contributed by atoms with E-state index < -0.39 is 0 Å². The molecule has 0 bridgehead atoms. The van der Waals surface area contributed by atoms with Gasteiger partial charge in [0.15, 0.2) is 12.4 Å². The number of hydrogen-bond acceptors (Lipinski definition) is 1. The minimum Gasteiger partial charge on any atom is -0.496 e. The van der Waals surface area contributed by atoms with Crippen molar-refractivity contribution < 1.29 is 9.30 Å². The van der Waals surface area contributed by atoms with E-state index in [1.165, 1.54) is 5.56 Å². The number of hydrogen-bond donors (Lipinski definition) is 0. The van der Waals surface area contributed by atoms with E-state index in [-0.39, 0.29) is 0 Å². The highest BCUT2D eigenvalue weighted by Gasteiger charge is 1.97. The molecule has 0 radical (unpaired) electrons. The van der Waals surface area contributed by atoms with Crippen LogP contribution in [-0.2, 0) is 7.05 Å². The fourth-order valence-corrected chi connectivity index (χ4v) is 1.61. The summed E-state index contributed by atoms with van der Waals surface area (Å²) in [4.78, 5) is 0. The van der Waals surface area contributed by atoms with E-state index in [4.69, 9.17) is 4.74 Å². The summed E-state index contributed by atoms with van der Waals surface area (Å²) in [5.41, 5.74) is 2.26. The van der Waals surface area contributed by atoms with Crippen LogP contribution in [-0.4, -0.2) is 7.11 Å². The summed E-state index contributed by atoms with van der Waals surface area (Å²) in [5, 5.41) is 0. The first-order chi connectivity index (χ1) is 8.29. The number of benzene rings is 1. The standard InChI is InChI=1S/C15H16NO/c1-16-11-9-13(10-12-16)7-8-14-5-3-4-6-15(14)17-2/h3-12H,1-2H3/q+1/b8-7+. The molecule has 0 spiro atoms. The average molecular weight is 226 g/mol. The van der Waals surface area contributed by atoms with E-state index >= 15 is 0 Å². The summed E-state index contributed by atoms with van der Waals surface area (Å²) in [7, 11) is 3.70. The molecule has 1 aromatic heterocycles. The van der Waals surface area contributed by atoms with Crippen LogP contribution >= 0.6 is 0 Å². The van der Waals surface area contributed by atoms with Gasteiger partial charge in [-0.2, -0.15) is 0 Å². The van der Waals surface area contributed by atoms with Gasteiger partial charge in [0.2, 0.25) is 0 Å². The van der Waals surface area contributed by atoms with Crippen molar-refractivity contribution in [2.75, 3.05) is 7.11 Å². The Morgan fingerprint density at radius 2 is 1.71 bits per heavy atom. The van der Waals surface area contributed by atoms with Gasteiger partial charge >= 0.3 is 0 Å². The highest BCUT2D eigenvalue weighted by atomic mass is 16.5. The van der Waals surface area contributed by atoms with E-state index in [9.17, 15) is 0 Å². The van der Waals surface area contributed by atoms with Crippen molar-refractivity contribution in [1.29, 1.82) is 0 Å². The van der Waals surface area contributed by atoms with Crippen molar-refractivity contribution in [2.24, 2.45) is 7.05 Å². The van der Waals surface area contributed by atoms with Crippen molar-refractivity contribution in [3.63, 3.8) is 0 Å². The summed E-state index contributed by atoms with van der Waals surface area (Å²) in [5.74, 6) is 0.894. The van der Waals surface area contributed by atoms with Gasteiger partial charge < -0.3 is 4.74 Å². The molecule has 2 nitrogen and oxygen atoms in total. The lowest BCUT2D eigenvalue weighted by molar-refractivity contribution is -0.671. The van der Waals surface area contributed by atoms with Crippen LogP contribution in [0.3, 0.4) is 0 Å². The zero-order chi connectivity index (χ0) is 12.1. The molecule has 86 valence electrons. The highest BCUT2D eigenvalue weighted by Crippen LogP contribution is 2.19. The summed E-state index contributed by atoms with van der Waals surface area (Å²) in [6.45, 7) is 0. The van der Waals surface area contributed by atoms with Crippen molar-refractivity contribution in [3.8, 4) is 5.75 Å². The molecule has 0 N–H and O–H groups in total. The Morgan fingerprint density at radius 3 is 2.41 bits per heavy atom. The topological polar surface area (TPSA) is 13.1 Å². The van der Waals surface area contributed by atoms with Gasteiger partial charge in [0, 0.05) is 17.7 Å². The first-order valence-electron chi connectivity index (χ1n) is 5.56. The predicted octanol–water partition coefficient (Wildman–Crippen LogP) is 2.69. The highest BCUT2D eigenvalue weighted by molar-refractivity contribution is 5.72. The molecule has 0 aliphatic carbocycles. The molecule has 2 rings (SSSR count). The zero-order valence-corrected chi connectivity index (χ0v) is 10.1. The van der Waals surface area contributed by atoms with E-state index in [1.807, 2.05) is 48.3 Å². The smallest absolute Gasteiger partial charge is 0.169 e. The zero-order valence-electron chi connectivity index (χ0n) is 10.1. The van der Waals surface area contributed by atoms with E-state index in [0.717, 1.165) is 11.3 Å². The van der Waals surface area contributed by atoms with Gasteiger partial charge in [0.25, 0.3) is 0 Å². The molecule has 0 unspecified atom stereocenters. The molecule has 0 fully saturated rings. The molecular formula is C15H16NO+. The molecular weight excluding hydrogens is 210 g/mol. The normalized spacial score (nSPS) is 10.7. The summed E-state index contributed by atoms with van der Waals surface area (Å²) < 4.78 is 7.31. The van der Waals surface area contributed by atoms with E-state index in [1.54, 1.807) is 7.11 Å². The number of rotatable bonds is 3. The number of ether oxygens (including phenoxy) is 1. The molecule has 0 saturated heterocycles. The van der Waals surface area contributed by atoms with Gasteiger partial charge in [-0.15, -0.1) is 0 Å². The van der Waals surface area contributed by atoms with Crippen molar-refractivity contribution in [2.45, 2.75) is 0 Å². The third kappa shape index (κ3) is 2.94. The van der Waals surface area contributed by atoms with Crippen molar-refractivity contribution >= 4 is 12.2 Å². The number of para-hydroxylation sites is 1. The second kappa shape index (κ2) is 5.30. The number of nitrogens with zero attached hydrogens (tertiary/aromatic N) is 1. The summed E-state index contributed by atoms with van der Waals surface area (Å²) in [6, 6.07) is 12.1. The predicted molar refractivity (Wildman–Crippen MR) is 69.5 cm³/mol. The molecule has 1 aromatic carbocycles. The van der Waals surface area contributed by atoms with Crippen LogP contribution in [0.15, 0.2) is 48.8 Å². The van der Waals surface area contributed by atoms with Gasteiger partial charge in [-0.3, -0.25) is 0 Å². The Bertz CT molecular complexity index is 515. The van der Waals surface area contributed by atoms with Gasteiger partial charge in [0.1, 0.15) is 12.8 Å². The fraction of sp³-hybridized carbons (Fsp3) is 0.133. The van der Waals surface area contributed by atoms with E-state index in [0.29, 0.717) is 0 Å². The van der Waals surface area contributed by atoms with Crippen LogP contribution in [0.4, 0.5) is 0 Å². The Morgan fingerprint density at radius 1 is 1.00 bits per heavy atom. The SMILES string of the molecule is COc1ccccc1/C=C/c1cc[n+](C)cc1. The molecule has 0 aliphatic heterocycles. The second-order valence-corrected chi connectivity index (χ2v) is 3.87. The maximum atomic E-state index is 5.30. The van der Waals surface area contributed by atoms with Gasteiger partial charge in [-0.05, 0) is 11.6 Å². The van der Waals surface area contributed by atoms with Crippen LogP contribution in [0.25, 0.3) is 12.2 Å². The lowest BCUT2D eigenvalue weighted by Gasteiger charge is -2.03. The van der Waals surface area contributed by atoms with Crippen molar-refractivity contribution in [1.82, 2.24) is 0 Å². The number of pyridine rings is 1. The third-order valence-electron chi connectivity index (χ3n) is 2.60. The monoisotopic (exact) mass is 226 g/mol. The van der Waals surface area contributed by atoms with Crippen molar-refractivity contribution in [3.05, 3.63) is 59.9 Å². The largest absolute Gasteiger partial charge is 0.496 e. The molecule has 2 aromatic rings. The van der Waals surface area contributed by atoms with Gasteiger partial charge in [0.05, 0.1) is 7.11 Å². The van der Waals surface area contributed by atoms with Crippen LogP contribution in [0.2, 0.25) is 0 Å². The summed E-state index contributed by atoms with van der Waals surface area (Å²) in [6.07, 6.45) is 8.20. The van der Waals surface area contributed by atoms with Crippen LogP contribution in [0.1, 0.15) is 11.1 Å². The molecule has 0 saturated carbocycles. The number of methoxy groups -OCH3 is 1.